The molecule has 0 aromatic carbocycles. The van der Waals surface area contributed by atoms with Crippen LogP contribution in [0, 0.1) is 6.92 Å². The molecule has 3 nitrogen and oxygen atoms in total. The third-order valence-electron chi connectivity index (χ3n) is 2.91. The van der Waals surface area contributed by atoms with E-state index in [1.54, 1.807) is 11.3 Å². The van der Waals surface area contributed by atoms with E-state index in [0.717, 1.165) is 30.9 Å². The van der Waals surface area contributed by atoms with Crippen LogP contribution in [0.1, 0.15) is 27.9 Å². The molecule has 0 bridgehead atoms. The topological polar surface area (TPSA) is 23.6 Å². The molecule has 0 atom stereocenters. The van der Waals surface area contributed by atoms with Gasteiger partial charge in [-0.3, -0.25) is 9.69 Å². The van der Waals surface area contributed by atoms with Crippen LogP contribution < -0.4 is 0 Å². The van der Waals surface area contributed by atoms with Crippen molar-refractivity contribution in [3.8, 4) is 0 Å². The fraction of sp³-hybridized carbons (Fsp3) is 0.643. The normalized spacial score (nSPS) is 11.4. The van der Waals surface area contributed by atoms with E-state index >= 15 is 0 Å². The van der Waals surface area contributed by atoms with Crippen LogP contribution in [0.5, 0.6) is 0 Å². The largest absolute Gasteiger partial charge is 0.309 e. The summed E-state index contributed by atoms with van der Waals surface area (Å²) >= 11 is 1.59. The number of carbonyl (C=O) groups excluding carboxylic acids is 1. The Morgan fingerprint density at radius 3 is 2.50 bits per heavy atom. The van der Waals surface area contributed by atoms with Crippen molar-refractivity contribution in [1.29, 1.82) is 0 Å². The van der Waals surface area contributed by atoms with E-state index in [-0.39, 0.29) is 5.78 Å². The molecule has 1 aromatic rings. The molecule has 0 N–H and O–H groups in total. The van der Waals surface area contributed by atoms with Gasteiger partial charge < -0.3 is 4.90 Å². The molecule has 0 fully saturated rings. The average Bonchev–Trinajstić information content (AvgIpc) is 2.74. The molecular formula is C14H24N2OS. The van der Waals surface area contributed by atoms with Gasteiger partial charge in [0.25, 0.3) is 0 Å². The lowest BCUT2D eigenvalue weighted by Crippen LogP contribution is -2.32. The van der Waals surface area contributed by atoms with Gasteiger partial charge in [0.1, 0.15) is 0 Å². The number of hydrogen-bond donors (Lipinski definition) is 0. The predicted molar refractivity (Wildman–Crippen MR) is 78.7 cm³/mol. The first-order valence-corrected chi connectivity index (χ1v) is 7.31. The van der Waals surface area contributed by atoms with E-state index < -0.39 is 0 Å². The Kier molecular flexibility index (Phi) is 6.54. The van der Waals surface area contributed by atoms with Crippen molar-refractivity contribution in [2.24, 2.45) is 0 Å². The van der Waals surface area contributed by atoms with E-state index in [1.807, 2.05) is 19.1 Å². The maximum atomic E-state index is 12.1. The maximum Gasteiger partial charge on any atom is 0.186 e. The van der Waals surface area contributed by atoms with Gasteiger partial charge in [0, 0.05) is 4.88 Å². The Labute approximate surface area is 114 Å². The average molecular weight is 268 g/mol. The highest BCUT2D eigenvalue weighted by Crippen LogP contribution is 2.16. The minimum atomic E-state index is 0.250. The van der Waals surface area contributed by atoms with Gasteiger partial charge in [0.05, 0.1) is 11.4 Å². The van der Waals surface area contributed by atoms with Crippen molar-refractivity contribution < 1.29 is 4.79 Å². The van der Waals surface area contributed by atoms with Crippen molar-refractivity contribution in [2.75, 3.05) is 40.3 Å². The molecule has 0 amide bonds. The summed E-state index contributed by atoms with van der Waals surface area (Å²) in [5.74, 6) is 0.250. The lowest BCUT2D eigenvalue weighted by atomic mass is 10.2. The molecule has 1 heterocycles. The number of likely N-dealkylation sites (N-methyl/N-ethyl adjacent to an activating group) is 1. The van der Waals surface area contributed by atoms with Gasteiger partial charge in [-0.05, 0) is 59.2 Å². The van der Waals surface area contributed by atoms with Crippen LogP contribution in [-0.2, 0) is 0 Å². The van der Waals surface area contributed by atoms with E-state index in [0.29, 0.717) is 6.54 Å². The standard InChI is InChI=1S/C14H24N2OS/c1-5-16(10-6-9-15(3)4)11-13(17)14-8-7-12(2)18-14/h7-8H,5-6,9-11H2,1-4H3. The van der Waals surface area contributed by atoms with E-state index in [1.165, 1.54) is 4.88 Å². The summed E-state index contributed by atoms with van der Waals surface area (Å²) in [7, 11) is 4.16. The first-order valence-electron chi connectivity index (χ1n) is 6.49. The third kappa shape index (κ3) is 5.29. The second-order valence-corrected chi connectivity index (χ2v) is 6.15. The number of rotatable bonds is 8. The highest BCUT2D eigenvalue weighted by atomic mass is 32.1. The minimum absolute atomic E-state index is 0.250. The molecule has 0 aliphatic rings. The van der Waals surface area contributed by atoms with Crippen molar-refractivity contribution in [3.05, 3.63) is 21.9 Å². The monoisotopic (exact) mass is 268 g/mol. The fourth-order valence-electron chi connectivity index (χ4n) is 1.82. The molecular weight excluding hydrogens is 244 g/mol. The van der Waals surface area contributed by atoms with Crippen LogP contribution in [0.15, 0.2) is 12.1 Å². The summed E-state index contributed by atoms with van der Waals surface area (Å²) in [4.78, 5) is 18.6. The number of Topliss-reactive ketones (excluding diaryl/α,β-unsaturated/α-hetero) is 1. The van der Waals surface area contributed by atoms with Crippen LogP contribution in [0.25, 0.3) is 0 Å². The number of hydrogen-bond acceptors (Lipinski definition) is 4. The SMILES string of the molecule is CCN(CCCN(C)C)CC(=O)c1ccc(C)s1. The molecule has 0 unspecified atom stereocenters. The number of carbonyl (C=O) groups is 1. The first kappa shape index (κ1) is 15.3. The van der Waals surface area contributed by atoms with Crippen LogP contribution in [-0.4, -0.2) is 55.9 Å². The van der Waals surface area contributed by atoms with E-state index in [9.17, 15) is 4.79 Å². The van der Waals surface area contributed by atoms with Crippen molar-refractivity contribution >= 4 is 17.1 Å². The molecule has 0 saturated carbocycles. The second-order valence-electron chi connectivity index (χ2n) is 4.86. The fourth-order valence-corrected chi connectivity index (χ4v) is 2.62. The molecule has 0 aliphatic heterocycles. The summed E-state index contributed by atoms with van der Waals surface area (Å²) < 4.78 is 0. The van der Waals surface area contributed by atoms with Crippen molar-refractivity contribution in [3.63, 3.8) is 0 Å². The Hall–Kier alpha value is -0.710. The molecule has 1 aromatic heterocycles. The predicted octanol–water partition coefficient (Wildman–Crippen LogP) is 2.51. The minimum Gasteiger partial charge on any atom is -0.309 e. The molecule has 0 spiro atoms. The van der Waals surface area contributed by atoms with E-state index in [2.05, 4.69) is 30.8 Å². The Morgan fingerprint density at radius 1 is 1.28 bits per heavy atom. The Morgan fingerprint density at radius 2 is 2.00 bits per heavy atom. The lowest BCUT2D eigenvalue weighted by Gasteiger charge is -2.20. The number of thiophene rings is 1. The molecule has 4 heteroatoms. The number of nitrogens with zero attached hydrogens (tertiary/aromatic N) is 2. The van der Waals surface area contributed by atoms with Crippen LogP contribution >= 0.6 is 11.3 Å². The van der Waals surface area contributed by atoms with E-state index in [4.69, 9.17) is 0 Å². The molecule has 18 heavy (non-hydrogen) atoms. The van der Waals surface area contributed by atoms with Crippen LogP contribution in [0.2, 0.25) is 0 Å². The molecule has 0 saturated heterocycles. The highest BCUT2D eigenvalue weighted by molar-refractivity contribution is 7.14. The van der Waals surface area contributed by atoms with Gasteiger partial charge in [0.15, 0.2) is 5.78 Å². The van der Waals surface area contributed by atoms with Gasteiger partial charge in [-0.2, -0.15) is 0 Å². The zero-order valence-electron chi connectivity index (χ0n) is 11.9. The second kappa shape index (κ2) is 7.67. The summed E-state index contributed by atoms with van der Waals surface area (Å²) in [5, 5.41) is 0. The number of aryl methyl sites for hydroxylation is 1. The number of ketones is 1. The van der Waals surface area contributed by atoms with Gasteiger partial charge >= 0.3 is 0 Å². The summed E-state index contributed by atoms with van der Waals surface area (Å²) in [6.45, 7) is 7.69. The Balaban J connectivity index is 2.40. The van der Waals surface area contributed by atoms with Gasteiger partial charge in [0.2, 0.25) is 0 Å². The summed E-state index contributed by atoms with van der Waals surface area (Å²) in [5.41, 5.74) is 0. The lowest BCUT2D eigenvalue weighted by molar-refractivity contribution is 0.0936. The molecule has 1 rings (SSSR count). The maximum absolute atomic E-state index is 12.1. The third-order valence-corrected chi connectivity index (χ3v) is 3.95. The molecule has 0 aliphatic carbocycles. The summed E-state index contributed by atoms with van der Waals surface area (Å²) in [6.07, 6.45) is 1.11. The highest BCUT2D eigenvalue weighted by Gasteiger charge is 2.12. The van der Waals surface area contributed by atoms with Crippen molar-refractivity contribution in [1.82, 2.24) is 9.80 Å². The van der Waals surface area contributed by atoms with Crippen LogP contribution in [0.3, 0.4) is 0 Å². The first-order chi connectivity index (χ1) is 8.52. The smallest absolute Gasteiger partial charge is 0.186 e. The van der Waals surface area contributed by atoms with Crippen molar-refractivity contribution in [2.45, 2.75) is 20.3 Å². The zero-order valence-corrected chi connectivity index (χ0v) is 12.7. The molecule has 102 valence electrons. The van der Waals surface area contributed by atoms with Gasteiger partial charge in [-0.25, -0.2) is 0 Å². The van der Waals surface area contributed by atoms with Gasteiger partial charge in [-0.15, -0.1) is 11.3 Å². The molecule has 0 radical (unpaired) electrons. The van der Waals surface area contributed by atoms with Crippen LogP contribution in [0.4, 0.5) is 0 Å². The Bertz CT molecular complexity index is 374. The van der Waals surface area contributed by atoms with Gasteiger partial charge in [-0.1, -0.05) is 6.92 Å². The summed E-state index contributed by atoms with van der Waals surface area (Å²) in [6, 6.07) is 3.95. The quantitative estimate of drug-likeness (QED) is 0.677. The zero-order chi connectivity index (χ0) is 13.5.